The van der Waals surface area contributed by atoms with Gasteiger partial charge in [-0.3, -0.25) is 24.5 Å². The number of non-ortho nitro benzene ring substituents is 1. The van der Waals surface area contributed by atoms with Crippen molar-refractivity contribution in [2.45, 2.75) is 12.8 Å². The predicted molar refractivity (Wildman–Crippen MR) is 107 cm³/mol. The zero-order valence-corrected chi connectivity index (χ0v) is 15.3. The monoisotopic (exact) mass is 388 g/mol. The number of nitrogens with zero attached hydrogens (tertiary/aromatic N) is 1. The molecular formula is C22H16N2O5. The molecule has 1 unspecified atom stereocenters. The van der Waals surface area contributed by atoms with Gasteiger partial charge < -0.3 is 5.32 Å². The molecule has 4 rings (SSSR count). The van der Waals surface area contributed by atoms with Crippen LogP contribution in [-0.2, 0) is 4.79 Å². The second-order valence-corrected chi connectivity index (χ2v) is 6.89. The number of carbonyl (C=O) groups excluding carboxylic acids is 3. The Morgan fingerprint density at radius 2 is 1.69 bits per heavy atom. The maximum atomic E-state index is 13.0. The number of anilines is 1. The summed E-state index contributed by atoms with van der Waals surface area (Å²) in [6.07, 6.45) is 0.0200. The topological polar surface area (TPSA) is 106 Å². The molecule has 0 saturated heterocycles. The minimum Gasteiger partial charge on any atom is -0.326 e. The number of amides is 1. The number of rotatable bonds is 5. The van der Waals surface area contributed by atoms with Gasteiger partial charge in [-0.05, 0) is 23.9 Å². The Bertz CT molecular complexity index is 1170. The molecule has 3 aromatic carbocycles. The van der Waals surface area contributed by atoms with E-state index in [1.807, 2.05) is 6.07 Å². The van der Waals surface area contributed by atoms with E-state index in [1.54, 1.807) is 42.5 Å². The first kappa shape index (κ1) is 18.5. The lowest BCUT2D eigenvalue weighted by Crippen LogP contribution is -2.30. The van der Waals surface area contributed by atoms with Gasteiger partial charge in [0.1, 0.15) is 0 Å². The first-order chi connectivity index (χ1) is 14.0. The van der Waals surface area contributed by atoms with Gasteiger partial charge in [-0.2, -0.15) is 0 Å². The molecule has 0 aromatic heterocycles. The third kappa shape index (κ3) is 3.38. The fraction of sp³-hybridized carbons (Fsp3) is 0.136. The quantitative estimate of drug-likeness (QED) is 0.401. The van der Waals surface area contributed by atoms with Crippen LogP contribution in [0.2, 0.25) is 0 Å². The molecule has 7 heteroatoms. The second kappa shape index (κ2) is 7.27. The molecule has 0 heterocycles. The van der Waals surface area contributed by atoms with Crippen LogP contribution in [-0.4, -0.2) is 22.4 Å². The molecule has 0 saturated carbocycles. The number of Topliss-reactive ketones (excluding diaryl/α,β-unsaturated/α-hetero) is 2. The number of hydrogen-bond acceptors (Lipinski definition) is 5. The summed E-state index contributed by atoms with van der Waals surface area (Å²) in [4.78, 5) is 48.8. The summed E-state index contributed by atoms with van der Waals surface area (Å²) in [7, 11) is 0. The van der Waals surface area contributed by atoms with Gasteiger partial charge in [0, 0.05) is 40.8 Å². The van der Waals surface area contributed by atoms with Crippen molar-refractivity contribution >= 4 is 39.6 Å². The molecule has 0 spiro atoms. The van der Waals surface area contributed by atoms with E-state index in [2.05, 4.69) is 5.32 Å². The first-order valence-electron chi connectivity index (χ1n) is 9.10. The van der Waals surface area contributed by atoms with Crippen LogP contribution in [0.1, 0.15) is 33.6 Å². The fourth-order valence-corrected chi connectivity index (χ4v) is 3.69. The van der Waals surface area contributed by atoms with Crippen molar-refractivity contribution in [1.82, 2.24) is 0 Å². The predicted octanol–water partition coefficient (Wildman–Crippen LogP) is 4.16. The first-order valence-corrected chi connectivity index (χ1v) is 9.10. The van der Waals surface area contributed by atoms with Crippen LogP contribution < -0.4 is 5.32 Å². The summed E-state index contributed by atoms with van der Waals surface area (Å²) < 4.78 is 0. The van der Waals surface area contributed by atoms with E-state index in [9.17, 15) is 24.5 Å². The highest BCUT2D eigenvalue weighted by Gasteiger charge is 2.36. The van der Waals surface area contributed by atoms with E-state index in [0.29, 0.717) is 22.0 Å². The lowest BCUT2D eigenvalue weighted by Gasteiger charge is -2.22. The normalized spacial score (nSPS) is 15.4. The Morgan fingerprint density at radius 1 is 0.966 bits per heavy atom. The van der Waals surface area contributed by atoms with Gasteiger partial charge in [-0.25, -0.2) is 0 Å². The molecule has 0 fully saturated rings. The van der Waals surface area contributed by atoms with Gasteiger partial charge >= 0.3 is 0 Å². The molecular weight excluding hydrogens is 372 g/mol. The van der Waals surface area contributed by atoms with E-state index in [-0.39, 0.29) is 35.8 Å². The number of nitrogens with one attached hydrogen (secondary N) is 1. The molecule has 1 aliphatic rings. The van der Waals surface area contributed by atoms with Crippen molar-refractivity contribution in [2.24, 2.45) is 5.92 Å². The van der Waals surface area contributed by atoms with E-state index in [1.165, 1.54) is 12.1 Å². The Morgan fingerprint density at radius 3 is 2.41 bits per heavy atom. The maximum Gasteiger partial charge on any atom is 0.270 e. The summed E-state index contributed by atoms with van der Waals surface area (Å²) in [5.74, 6) is -2.17. The molecule has 1 aliphatic carbocycles. The Kier molecular flexibility index (Phi) is 4.64. The van der Waals surface area contributed by atoms with Gasteiger partial charge in [0.2, 0.25) is 5.91 Å². The highest BCUT2D eigenvalue weighted by Crippen LogP contribution is 2.36. The number of para-hydroxylation sites is 1. The molecule has 3 aromatic rings. The standard InChI is InChI=1S/C22H16N2O5/c25-19(23-14-6-2-1-3-7-14)10-9-17-21(26)16-8-4-5-13-11-15(24(28)29)12-18(20(13)16)22(17)27/h1-8,11-12,17H,9-10H2,(H,23,25). The van der Waals surface area contributed by atoms with Crippen LogP contribution in [0.5, 0.6) is 0 Å². The molecule has 0 bridgehead atoms. The van der Waals surface area contributed by atoms with Crippen molar-refractivity contribution in [3.63, 3.8) is 0 Å². The van der Waals surface area contributed by atoms with E-state index >= 15 is 0 Å². The SMILES string of the molecule is O=C(CCC1C(=O)c2cccc3cc([N+](=O)[O-])cc(c23)C1=O)Nc1ccccc1. The number of nitro benzene ring substituents is 1. The minimum absolute atomic E-state index is 0.0166. The fourth-order valence-electron chi connectivity index (χ4n) is 3.69. The second-order valence-electron chi connectivity index (χ2n) is 6.89. The number of nitro groups is 1. The van der Waals surface area contributed by atoms with Crippen molar-refractivity contribution in [1.29, 1.82) is 0 Å². The summed E-state index contributed by atoms with van der Waals surface area (Å²) in [5, 5.41) is 14.9. The lowest BCUT2D eigenvalue weighted by molar-refractivity contribution is -0.384. The summed E-state index contributed by atoms with van der Waals surface area (Å²) >= 11 is 0. The highest BCUT2D eigenvalue weighted by atomic mass is 16.6. The van der Waals surface area contributed by atoms with Crippen LogP contribution in [0.25, 0.3) is 10.8 Å². The van der Waals surface area contributed by atoms with E-state index in [4.69, 9.17) is 0 Å². The molecule has 0 radical (unpaired) electrons. The van der Waals surface area contributed by atoms with E-state index in [0.717, 1.165) is 0 Å². The number of benzene rings is 3. The van der Waals surface area contributed by atoms with E-state index < -0.39 is 16.6 Å². The lowest BCUT2D eigenvalue weighted by atomic mass is 9.78. The van der Waals surface area contributed by atoms with Crippen molar-refractivity contribution < 1.29 is 19.3 Å². The van der Waals surface area contributed by atoms with Gasteiger partial charge in [0.05, 0.1) is 10.8 Å². The van der Waals surface area contributed by atoms with Gasteiger partial charge in [0.15, 0.2) is 11.6 Å². The van der Waals surface area contributed by atoms with Crippen molar-refractivity contribution in [2.75, 3.05) is 5.32 Å². The Labute approximate surface area is 165 Å². The average molecular weight is 388 g/mol. The molecule has 1 N–H and O–H groups in total. The number of hydrogen-bond donors (Lipinski definition) is 1. The molecule has 144 valence electrons. The molecule has 1 atom stereocenters. The van der Waals surface area contributed by atoms with Crippen LogP contribution in [0, 0.1) is 16.0 Å². The van der Waals surface area contributed by atoms with Crippen LogP contribution in [0.4, 0.5) is 11.4 Å². The van der Waals surface area contributed by atoms with Gasteiger partial charge in [-0.1, -0.05) is 36.4 Å². The van der Waals surface area contributed by atoms with Crippen LogP contribution in [0.3, 0.4) is 0 Å². The number of ketones is 2. The molecule has 29 heavy (non-hydrogen) atoms. The third-order valence-corrected chi connectivity index (χ3v) is 5.05. The Hall–Kier alpha value is -3.87. The summed E-state index contributed by atoms with van der Waals surface area (Å²) in [6, 6.07) is 16.4. The van der Waals surface area contributed by atoms with Gasteiger partial charge in [0.25, 0.3) is 5.69 Å². The maximum absolute atomic E-state index is 13.0. The Balaban J connectivity index is 1.61. The summed E-state index contributed by atoms with van der Waals surface area (Å²) in [6.45, 7) is 0. The van der Waals surface area contributed by atoms with Crippen LogP contribution >= 0.6 is 0 Å². The highest BCUT2D eigenvalue weighted by molar-refractivity contribution is 6.29. The largest absolute Gasteiger partial charge is 0.326 e. The van der Waals surface area contributed by atoms with Gasteiger partial charge in [-0.15, -0.1) is 0 Å². The zero-order chi connectivity index (χ0) is 20.5. The third-order valence-electron chi connectivity index (χ3n) is 5.05. The van der Waals surface area contributed by atoms with Crippen molar-refractivity contribution in [3.05, 3.63) is 81.9 Å². The molecule has 0 aliphatic heterocycles. The average Bonchev–Trinajstić information content (AvgIpc) is 2.72. The number of carbonyl (C=O) groups is 3. The zero-order valence-electron chi connectivity index (χ0n) is 15.3. The molecule has 1 amide bonds. The minimum atomic E-state index is -1.03. The smallest absolute Gasteiger partial charge is 0.270 e. The molecule has 7 nitrogen and oxygen atoms in total. The van der Waals surface area contributed by atoms with Crippen molar-refractivity contribution in [3.8, 4) is 0 Å². The van der Waals surface area contributed by atoms with Crippen LogP contribution in [0.15, 0.2) is 60.7 Å². The summed E-state index contributed by atoms with van der Waals surface area (Å²) in [5.41, 5.74) is 0.954.